The lowest BCUT2D eigenvalue weighted by atomic mass is 10.1. The molecule has 1 aromatic rings. The van der Waals surface area contributed by atoms with E-state index in [9.17, 15) is 4.39 Å². The molecule has 0 saturated carbocycles. The van der Waals surface area contributed by atoms with E-state index in [4.69, 9.17) is 0 Å². The number of nitrogens with one attached hydrogen (secondary N) is 1. The molecule has 0 aliphatic carbocycles. The molecule has 0 bridgehead atoms. The lowest BCUT2D eigenvalue weighted by molar-refractivity contribution is 0.373. The quantitative estimate of drug-likeness (QED) is 0.796. The van der Waals surface area contributed by atoms with Gasteiger partial charge in [-0.2, -0.15) is 5.10 Å². The summed E-state index contributed by atoms with van der Waals surface area (Å²) >= 11 is 0. The fourth-order valence-electron chi connectivity index (χ4n) is 1.82. The van der Waals surface area contributed by atoms with Gasteiger partial charge in [-0.3, -0.25) is 4.68 Å². The highest BCUT2D eigenvalue weighted by Gasteiger charge is 2.15. The molecule has 4 heteroatoms. The summed E-state index contributed by atoms with van der Waals surface area (Å²) in [7, 11) is 0. The lowest BCUT2D eigenvalue weighted by Crippen LogP contribution is -2.14. The average molecular weight is 197 g/mol. The minimum absolute atomic E-state index is 0.651. The summed E-state index contributed by atoms with van der Waals surface area (Å²) < 4.78 is 14.7. The Kier molecular flexibility index (Phi) is 2.82. The zero-order valence-corrected chi connectivity index (χ0v) is 8.41. The van der Waals surface area contributed by atoms with Crippen LogP contribution in [0.5, 0.6) is 0 Å². The van der Waals surface area contributed by atoms with E-state index in [1.807, 2.05) is 10.9 Å². The molecule has 1 aromatic heterocycles. The molecule has 2 unspecified atom stereocenters. The van der Waals surface area contributed by atoms with Gasteiger partial charge in [-0.15, -0.1) is 0 Å². The van der Waals surface area contributed by atoms with Crippen molar-refractivity contribution in [3.05, 3.63) is 18.0 Å². The molecule has 3 nitrogen and oxygen atoms in total. The van der Waals surface area contributed by atoms with Gasteiger partial charge in [-0.05, 0) is 32.4 Å². The number of alkyl halides is 1. The van der Waals surface area contributed by atoms with Gasteiger partial charge in [-0.25, -0.2) is 4.39 Å². The number of nitrogens with zero attached hydrogens (tertiary/aromatic N) is 2. The van der Waals surface area contributed by atoms with Gasteiger partial charge in [0, 0.05) is 18.3 Å². The van der Waals surface area contributed by atoms with Crippen molar-refractivity contribution in [1.82, 2.24) is 15.1 Å². The molecular formula is C10H16FN3. The minimum atomic E-state index is -0.912. The molecule has 78 valence electrons. The van der Waals surface area contributed by atoms with Crippen molar-refractivity contribution in [3.63, 3.8) is 0 Å². The molecule has 2 rings (SSSR count). The van der Waals surface area contributed by atoms with E-state index in [2.05, 4.69) is 10.4 Å². The minimum Gasteiger partial charge on any atom is -0.316 e. The molecule has 2 heterocycles. The Morgan fingerprint density at radius 2 is 2.64 bits per heavy atom. The van der Waals surface area contributed by atoms with Crippen molar-refractivity contribution in [3.8, 4) is 0 Å². The second-order valence-electron chi connectivity index (χ2n) is 3.97. The first-order valence-corrected chi connectivity index (χ1v) is 5.13. The maximum absolute atomic E-state index is 12.9. The van der Waals surface area contributed by atoms with Gasteiger partial charge >= 0.3 is 0 Å². The normalized spacial score (nSPS) is 24.0. The number of hydrogen-bond donors (Lipinski definition) is 1. The van der Waals surface area contributed by atoms with Crippen LogP contribution in [-0.4, -0.2) is 22.9 Å². The standard InChI is InChI=1S/C10H16FN3/c1-8(11)10-5-13-14(7-10)6-9-2-3-12-4-9/h5,7-9,12H,2-4,6H2,1H3. The van der Waals surface area contributed by atoms with Crippen molar-refractivity contribution >= 4 is 0 Å². The summed E-state index contributed by atoms with van der Waals surface area (Å²) in [6.45, 7) is 4.59. The highest BCUT2D eigenvalue weighted by Crippen LogP contribution is 2.16. The Labute approximate surface area is 83.3 Å². The first-order chi connectivity index (χ1) is 6.75. The van der Waals surface area contributed by atoms with Gasteiger partial charge in [0.15, 0.2) is 0 Å². The predicted molar refractivity (Wildman–Crippen MR) is 52.7 cm³/mol. The fourth-order valence-corrected chi connectivity index (χ4v) is 1.82. The summed E-state index contributed by atoms with van der Waals surface area (Å²) in [5.41, 5.74) is 0.677. The summed E-state index contributed by atoms with van der Waals surface area (Å²) in [5, 5.41) is 7.46. The molecule has 1 saturated heterocycles. The Bertz CT molecular complexity index is 289. The van der Waals surface area contributed by atoms with Crippen LogP contribution in [0.1, 0.15) is 25.1 Å². The second-order valence-corrected chi connectivity index (χ2v) is 3.97. The first kappa shape index (κ1) is 9.65. The molecule has 1 fully saturated rings. The van der Waals surface area contributed by atoms with Crippen molar-refractivity contribution in [1.29, 1.82) is 0 Å². The van der Waals surface area contributed by atoms with Gasteiger partial charge in [0.1, 0.15) is 6.17 Å². The van der Waals surface area contributed by atoms with Crippen LogP contribution in [0.25, 0.3) is 0 Å². The van der Waals surface area contributed by atoms with Gasteiger partial charge < -0.3 is 5.32 Å². The summed E-state index contributed by atoms with van der Waals surface area (Å²) in [5.74, 6) is 0.651. The van der Waals surface area contributed by atoms with Crippen LogP contribution >= 0.6 is 0 Å². The second kappa shape index (κ2) is 4.09. The molecule has 14 heavy (non-hydrogen) atoms. The third-order valence-corrected chi connectivity index (χ3v) is 2.72. The molecule has 1 N–H and O–H groups in total. The van der Waals surface area contributed by atoms with E-state index in [-0.39, 0.29) is 0 Å². The number of halogens is 1. The summed E-state index contributed by atoms with van der Waals surface area (Å²) in [6.07, 6.45) is 3.71. The molecule has 1 aliphatic rings. The Balaban J connectivity index is 1.95. The number of aromatic nitrogens is 2. The Morgan fingerprint density at radius 1 is 1.79 bits per heavy atom. The van der Waals surface area contributed by atoms with Gasteiger partial charge in [-0.1, -0.05) is 0 Å². The predicted octanol–water partition coefficient (Wildman–Crippen LogP) is 1.52. The lowest BCUT2D eigenvalue weighted by Gasteiger charge is -2.07. The molecule has 0 aromatic carbocycles. The molecular weight excluding hydrogens is 181 g/mol. The van der Waals surface area contributed by atoms with Crippen LogP contribution in [0.15, 0.2) is 12.4 Å². The average Bonchev–Trinajstić information content (AvgIpc) is 2.75. The van der Waals surface area contributed by atoms with Crippen molar-refractivity contribution in [2.24, 2.45) is 5.92 Å². The third kappa shape index (κ3) is 2.12. The van der Waals surface area contributed by atoms with Crippen LogP contribution in [0.3, 0.4) is 0 Å². The van der Waals surface area contributed by atoms with Gasteiger partial charge in [0.05, 0.1) is 6.20 Å². The molecule has 0 amide bonds. The number of rotatable bonds is 3. The van der Waals surface area contributed by atoms with Gasteiger partial charge in [0.2, 0.25) is 0 Å². The van der Waals surface area contributed by atoms with Crippen LogP contribution in [-0.2, 0) is 6.54 Å². The van der Waals surface area contributed by atoms with E-state index in [1.165, 1.54) is 6.42 Å². The van der Waals surface area contributed by atoms with Crippen molar-refractivity contribution in [2.45, 2.75) is 26.1 Å². The highest BCUT2D eigenvalue weighted by atomic mass is 19.1. The van der Waals surface area contributed by atoms with E-state index < -0.39 is 6.17 Å². The van der Waals surface area contributed by atoms with E-state index in [0.29, 0.717) is 11.5 Å². The monoisotopic (exact) mass is 197 g/mol. The van der Waals surface area contributed by atoms with Crippen molar-refractivity contribution in [2.75, 3.05) is 13.1 Å². The van der Waals surface area contributed by atoms with E-state index >= 15 is 0 Å². The van der Waals surface area contributed by atoms with E-state index in [1.54, 1.807) is 13.1 Å². The topological polar surface area (TPSA) is 29.9 Å². The van der Waals surface area contributed by atoms with Crippen molar-refractivity contribution < 1.29 is 4.39 Å². The largest absolute Gasteiger partial charge is 0.316 e. The van der Waals surface area contributed by atoms with Crippen LogP contribution < -0.4 is 5.32 Å². The highest BCUT2D eigenvalue weighted by molar-refractivity contribution is 5.06. The van der Waals surface area contributed by atoms with E-state index in [0.717, 1.165) is 19.6 Å². The van der Waals surface area contributed by atoms with Crippen LogP contribution in [0.4, 0.5) is 4.39 Å². The third-order valence-electron chi connectivity index (χ3n) is 2.72. The first-order valence-electron chi connectivity index (χ1n) is 5.13. The fraction of sp³-hybridized carbons (Fsp3) is 0.700. The maximum Gasteiger partial charge on any atom is 0.125 e. The molecule has 0 radical (unpaired) electrons. The SMILES string of the molecule is CC(F)c1cnn(CC2CCNC2)c1. The van der Waals surface area contributed by atoms with Gasteiger partial charge in [0.25, 0.3) is 0 Å². The molecule has 0 spiro atoms. The summed E-state index contributed by atoms with van der Waals surface area (Å²) in [4.78, 5) is 0. The van der Waals surface area contributed by atoms with Crippen LogP contribution in [0, 0.1) is 5.92 Å². The Morgan fingerprint density at radius 3 is 3.21 bits per heavy atom. The zero-order valence-electron chi connectivity index (χ0n) is 8.41. The molecule has 1 aliphatic heterocycles. The zero-order chi connectivity index (χ0) is 9.97. The molecule has 2 atom stereocenters. The number of hydrogen-bond acceptors (Lipinski definition) is 2. The van der Waals surface area contributed by atoms with Crippen LogP contribution in [0.2, 0.25) is 0 Å². The maximum atomic E-state index is 12.9. The smallest absolute Gasteiger partial charge is 0.125 e. The summed E-state index contributed by atoms with van der Waals surface area (Å²) in [6, 6.07) is 0. The Hall–Kier alpha value is -0.900.